The third-order valence-electron chi connectivity index (χ3n) is 4.94. The topological polar surface area (TPSA) is 86.7 Å². The predicted octanol–water partition coefficient (Wildman–Crippen LogP) is 2.50. The van der Waals surface area contributed by atoms with Crippen LogP contribution in [0.2, 0.25) is 0 Å². The summed E-state index contributed by atoms with van der Waals surface area (Å²) < 4.78 is 0. The first-order chi connectivity index (χ1) is 11.5. The van der Waals surface area contributed by atoms with Crippen molar-refractivity contribution in [1.82, 2.24) is 4.90 Å². The maximum absolute atomic E-state index is 12.4. The number of benzene rings is 1. The number of amides is 2. The van der Waals surface area contributed by atoms with Crippen molar-refractivity contribution in [2.45, 2.75) is 44.6 Å². The minimum absolute atomic E-state index is 0.0725. The van der Waals surface area contributed by atoms with Crippen molar-refractivity contribution in [1.29, 1.82) is 0 Å². The fraction of sp³-hybridized carbons (Fsp3) is 0.500. The molecule has 0 bridgehead atoms. The number of carboxylic acid groups (broad SMARTS) is 1. The van der Waals surface area contributed by atoms with Gasteiger partial charge in [-0.2, -0.15) is 0 Å². The number of nitrogens with zero attached hydrogens (tertiary/aromatic N) is 1. The Labute approximate surface area is 140 Å². The van der Waals surface area contributed by atoms with Crippen LogP contribution in [0.15, 0.2) is 24.3 Å². The van der Waals surface area contributed by atoms with Gasteiger partial charge >= 0.3 is 5.97 Å². The zero-order valence-corrected chi connectivity index (χ0v) is 13.5. The lowest BCUT2D eigenvalue weighted by Gasteiger charge is -2.31. The molecule has 2 amide bonds. The van der Waals surface area contributed by atoms with E-state index in [0.29, 0.717) is 18.3 Å². The van der Waals surface area contributed by atoms with E-state index in [1.165, 1.54) is 18.6 Å². The van der Waals surface area contributed by atoms with Gasteiger partial charge in [0.2, 0.25) is 11.8 Å². The Balaban J connectivity index is 1.59. The monoisotopic (exact) mass is 330 g/mol. The van der Waals surface area contributed by atoms with E-state index in [1.807, 2.05) is 4.90 Å². The second-order valence-corrected chi connectivity index (χ2v) is 6.61. The summed E-state index contributed by atoms with van der Waals surface area (Å²) in [6, 6.07) is 6.32. The summed E-state index contributed by atoms with van der Waals surface area (Å²) in [6.07, 6.45) is 5.88. The van der Waals surface area contributed by atoms with Crippen LogP contribution < -0.4 is 5.32 Å². The molecule has 1 aromatic rings. The second kappa shape index (κ2) is 7.03. The van der Waals surface area contributed by atoms with E-state index in [2.05, 4.69) is 5.32 Å². The molecule has 6 heteroatoms. The van der Waals surface area contributed by atoms with Gasteiger partial charge in [-0.05, 0) is 37.1 Å². The summed E-state index contributed by atoms with van der Waals surface area (Å²) in [5.41, 5.74) is 0.723. The molecule has 1 aliphatic heterocycles. The quantitative estimate of drug-likeness (QED) is 0.888. The fourth-order valence-corrected chi connectivity index (χ4v) is 3.59. The van der Waals surface area contributed by atoms with Crippen molar-refractivity contribution >= 4 is 23.5 Å². The highest BCUT2D eigenvalue weighted by Gasteiger charge is 2.38. The van der Waals surface area contributed by atoms with Crippen LogP contribution in [0.5, 0.6) is 0 Å². The molecule has 2 fully saturated rings. The van der Waals surface area contributed by atoms with Crippen molar-refractivity contribution in [2.75, 3.05) is 11.9 Å². The summed E-state index contributed by atoms with van der Waals surface area (Å²) in [5.74, 6) is -1.44. The van der Waals surface area contributed by atoms with E-state index in [1.54, 1.807) is 12.1 Å². The third kappa shape index (κ3) is 3.58. The average Bonchev–Trinajstić information content (AvgIpc) is 2.98. The lowest BCUT2D eigenvalue weighted by Crippen LogP contribution is -2.38. The molecule has 2 N–H and O–H groups in total. The molecular weight excluding hydrogens is 308 g/mol. The Morgan fingerprint density at radius 1 is 1.08 bits per heavy atom. The summed E-state index contributed by atoms with van der Waals surface area (Å²) in [4.78, 5) is 37.4. The maximum Gasteiger partial charge on any atom is 0.335 e. The van der Waals surface area contributed by atoms with Gasteiger partial charge in [0.05, 0.1) is 11.5 Å². The van der Waals surface area contributed by atoms with Gasteiger partial charge in [-0.3, -0.25) is 9.59 Å². The normalized spacial score (nSPS) is 21.8. The summed E-state index contributed by atoms with van der Waals surface area (Å²) in [5, 5.41) is 11.7. The van der Waals surface area contributed by atoms with Crippen LogP contribution in [0.4, 0.5) is 5.69 Å². The number of carbonyl (C=O) groups is 3. The molecule has 1 aromatic carbocycles. The average molecular weight is 330 g/mol. The Hall–Kier alpha value is -2.37. The molecule has 1 heterocycles. The molecule has 24 heavy (non-hydrogen) atoms. The highest BCUT2D eigenvalue weighted by Crippen LogP contribution is 2.29. The first-order valence-electron chi connectivity index (χ1n) is 8.48. The minimum atomic E-state index is -1.00. The number of hydrogen-bond donors (Lipinski definition) is 2. The van der Waals surface area contributed by atoms with E-state index < -0.39 is 5.97 Å². The zero-order chi connectivity index (χ0) is 17.1. The summed E-state index contributed by atoms with van der Waals surface area (Å²) in [6.45, 7) is 0.489. The van der Waals surface area contributed by atoms with E-state index in [0.717, 1.165) is 25.7 Å². The first-order valence-corrected chi connectivity index (χ1v) is 8.48. The van der Waals surface area contributed by atoms with Crippen LogP contribution >= 0.6 is 0 Å². The molecular formula is C18H22N2O4. The lowest BCUT2D eigenvalue weighted by atomic mass is 9.94. The molecule has 1 saturated heterocycles. The Kier molecular flexibility index (Phi) is 4.83. The summed E-state index contributed by atoms with van der Waals surface area (Å²) in [7, 11) is 0. The van der Waals surface area contributed by atoms with Crippen LogP contribution in [0.25, 0.3) is 0 Å². The molecule has 128 valence electrons. The number of anilines is 1. The van der Waals surface area contributed by atoms with Gasteiger partial charge in [0.25, 0.3) is 0 Å². The second-order valence-electron chi connectivity index (χ2n) is 6.61. The van der Waals surface area contributed by atoms with Crippen LogP contribution in [-0.4, -0.2) is 40.4 Å². The molecule has 6 nitrogen and oxygen atoms in total. The molecule has 0 radical (unpaired) electrons. The molecule has 0 aromatic heterocycles. The molecule has 0 unspecified atom stereocenters. The van der Waals surface area contributed by atoms with Crippen molar-refractivity contribution in [3.05, 3.63) is 29.8 Å². The van der Waals surface area contributed by atoms with Gasteiger partial charge in [-0.15, -0.1) is 0 Å². The SMILES string of the molecule is O=C(O)c1ccc(NC(=O)[C@@H]2CC(=O)N(C3CCCCC3)C2)cc1. The van der Waals surface area contributed by atoms with Gasteiger partial charge < -0.3 is 15.3 Å². The van der Waals surface area contributed by atoms with Crippen LogP contribution in [0.3, 0.4) is 0 Å². The van der Waals surface area contributed by atoms with Gasteiger partial charge in [0.1, 0.15) is 0 Å². The Morgan fingerprint density at radius 2 is 1.75 bits per heavy atom. The number of carboxylic acids is 1. The third-order valence-corrected chi connectivity index (χ3v) is 4.94. The van der Waals surface area contributed by atoms with E-state index in [-0.39, 0.29) is 29.7 Å². The number of aromatic carboxylic acids is 1. The maximum atomic E-state index is 12.4. The Morgan fingerprint density at radius 3 is 2.38 bits per heavy atom. The number of rotatable bonds is 4. The number of likely N-dealkylation sites (tertiary alicyclic amines) is 1. The number of nitrogens with one attached hydrogen (secondary N) is 1. The Bertz CT molecular complexity index is 635. The van der Waals surface area contributed by atoms with Crippen molar-refractivity contribution in [2.24, 2.45) is 5.92 Å². The highest BCUT2D eigenvalue weighted by molar-refractivity contribution is 5.97. The van der Waals surface area contributed by atoms with Crippen LogP contribution in [-0.2, 0) is 9.59 Å². The van der Waals surface area contributed by atoms with E-state index in [9.17, 15) is 14.4 Å². The van der Waals surface area contributed by atoms with Crippen LogP contribution in [0.1, 0.15) is 48.9 Å². The number of carbonyl (C=O) groups excluding carboxylic acids is 2. The van der Waals surface area contributed by atoms with Gasteiger partial charge in [-0.25, -0.2) is 4.79 Å². The van der Waals surface area contributed by atoms with Crippen molar-refractivity contribution < 1.29 is 19.5 Å². The van der Waals surface area contributed by atoms with Gasteiger partial charge in [0, 0.05) is 24.7 Å². The molecule has 0 spiro atoms. The number of hydrogen-bond acceptors (Lipinski definition) is 3. The minimum Gasteiger partial charge on any atom is -0.478 e. The van der Waals surface area contributed by atoms with Crippen LogP contribution in [0, 0.1) is 5.92 Å². The predicted molar refractivity (Wildman–Crippen MR) is 88.7 cm³/mol. The standard InChI is InChI=1S/C18H22N2O4/c21-16-10-13(11-20(16)15-4-2-1-3-5-15)17(22)19-14-8-6-12(7-9-14)18(23)24/h6-9,13,15H,1-5,10-11H2,(H,19,22)(H,23,24)/t13-/m1/s1. The largest absolute Gasteiger partial charge is 0.478 e. The molecule has 1 aliphatic carbocycles. The fourth-order valence-electron chi connectivity index (χ4n) is 3.59. The summed E-state index contributed by atoms with van der Waals surface area (Å²) >= 11 is 0. The van der Waals surface area contributed by atoms with E-state index >= 15 is 0 Å². The molecule has 1 atom stereocenters. The first kappa shape index (κ1) is 16.5. The molecule has 3 rings (SSSR count). The zero-order valence-electron chi connectivity index (χ0n) is 13.5. The highest BCUT2D eigenvalue weighted by atomic mass is 16.4. The van der Waals surface area contributed by atoms with Gasteiger partial charge in [-0.1, -0.05) is 19.3 Å². The lowest BCUT2D eigenvalue weighted by molar-refractivity contribution is -0.130. The van der Waals surface area contributed by atoms with Crippen molar-refractivity contribution in [3.8, 4) is 0 Å². The molecule has 2 aliphatic rings. The molecule has 1 saturated carbocycles. The van der Waals surface area contributed by atoms with Gasteiger partial charge in [0.15, 0.2) is 0 Å². The van der Waals surface area contributed by atoms with Crippen molar-refractivity contribution in [3.63, 3.8) is 0 Å². The van der Waals surface area contributed by atoms with E-state index in [4.69, 9.17) is 5.11 Å². The smallest absolute Gasteiger partial charge is 0.335 e.